The predicted molar refractivity (Wildman–Crippen MR) is 77.5 cm³/mol. The third kappa shape index (κ3) is 2.07. The van der Waals surface area contributed by atoms with E-state index in [1.807, 2.05) is 37.5 Å². The molecule has 106 valence electrons. The van der Waals surface area contributed by atoms with E-state index in [9.17, 15) is 4.79 Å². The lowest BCUT2D eigenvalue weighted by atomic mass is 10.2. The largest absolute Gasteiger partial charge is 0.458 e. The molecule has 1 unspecified atom stereocenters. The fourth-order valence-corrected chi connectivity index (χ4v) is 2.39. The van der Waals surface area contributed by atoms with Gasteiger partial charge in [0, 0.05) is 12.2 Å². The van der Waals surface area contributed by atoms with Gasteiger partial charge >= 0.3 is 5.97 Å². The number of benzene rings is 1. The number of nitrogens with one attached hydrogen (secondary N) is 1. The highest BCUT2D eigenvalue weighted by molar-refractivity contribution is 5.87. The molecular weight excluding hydrogens is 256 g/mol. The smallest absolute Gasteiger partial charge is 0.331 e. The zero-order valence-electron chi connectivity index (χ0n) is 11.8. The molecule has 3 rings (SSSR count). The quantitative estimate of drug-likeness (QED) is 0.613. The highest BCUT2D eigenvalue weighted by atomic mass is 16.6. The number of nitrogens with two attached hydrogens (primary N) is 1. The van der Waals surface area contributed by atoms with E-state index < -0.39 is 11.6 Å². The summed E-state index contributed by atoms with van der Waals surface area (Å²) < 4.78 is 7.33. The molecule has 0 amide bonds. The minimum Gasteiger partial charge on any atom is -0.458 e. The van der Waals surface area contributed by atoms with Crippen molar-refractivity contribution in [2.45, 2.75) is 32.4 Å². The van der Waals surface area contributed by atoms with Gasteiger partial charge in [-0.05, 0) is 39.0 Å². The molecule has 0 radical (unpaired) electrons. The molecule has 1 aliphatic heterocycles. The molecular formula is C14H18N4O2. The van der Waals surface area contributed by atoms with Crippen LogP contribution in [0.4, 0.5) is 11.6 Å². The van der Waals surface area contributed by atoms with Crippen LogP contribution < -0.4 is 11.1 Å². The molecule has 0 saturated heterocycles. The average molecular weight is 274 g/mol. The highest BCUT2D eigenvalue weighted by Gasteiger charge is 2.34. The normalized spacial score (nSPS) is 17.9. The zero-order valence-corrected chi connectivity index (χ0v) is 11.8. The first-order valence-corrected chi connectivity index (χ1v) is 6.59. The van der Waals surface area contributed by atoms with E-state index in [1.165, 1.54) is 0 Å². The lowest BCUT2D eigenvalue weighted by Gasteiger charge is -2.22. The maximum Gasteiger partial charge on any atom is 0.331 e. The maximum absolute atomic E-state index is 12.3. The Morgan fingerprint density at radius 1 is 1.50 bits per heavy atom. The van der Waals surface area contributed by atoms with Gasteiger partial charge in [0.25, 0.3) is 0 Å². The van der Waals surface area contributed by atoms with Crippen LogP contribution in [0, 0.1) is 0 Å². The minimum absolute atomic E-state index is 0.259. The third-order valence-corrected chi connectivity index (χ3v) is 3.16. The van der Waals surface area contributed by atoms with Gasteiger partial charge in [0.15, 0.2) is 6.04 Å². The number of carbonyl (C=O) groups excluding carboxylic acids is 1. The molecule has 1 atom stereocenters. The Morgan fingerprint density at radius 2 is 2.25 bits per heavy atom. The van der Waals surface area contributed by atoms with Crippen LogP contribution >= 0.6 is 0 Å². The van der Waals surface area contributed by atoms with E-state index in [0.717, 1.165) is 11.0 Å². The van der Waals surface area contributed by atoms with Crippen molar-refractivity contribution < 1.29 is 9.53 Å². The van der Waals surface area contributed by atoms with Crippen molar-refractivity contribution in [3.63, 3.8) is 0 Å². The van der Waals surface area contributed by atoms with Crippen molar-refractivity contribution in [1.29, 1.82) is 0 Å². The van der Waals surface area contributed by atoms with Crippen LogP contribution in [0.3, 0.4) is 0 Å². The van der Waals surface area contributed by atoms with E-state index in [4.69, 9.17) is 10.5 Å². The van der Waals surface area contributed by atoms with Crippen LogP contribution in [0.5, 0.6) is 0 Å². The van der Waals surface area contributed by atoms with Crippen LogP contribution in [-0.4, -0.2) is 27.7 Å². The van der Waals surface area contributed by atoms with Gasteiger partial charge in [-0.15, -0.1) is 0 Å². The number of rotatable bonds is 1. The number of nitrogens with zero attached hydrogens (tertiary/aromatic N) is 2. The summed E-state index contributed by atoms with van der Waals surface area (Å²) in [6.45, 7) is 6.07. The van der Waals surface area contributed by atoms with E-state index in [-0.39, 0.29) is 5.97 Å². The topological polar surface area (TPSA) is 82.2 Å². The third-order valence-electron chi connectivity index (χ3n) is 3.16. The summed E-state index contributed by atoms with van der Waals surface area (Å²) in [5, 5.41) is 3.14. The Labute approximate surface area is 116 Å². The Kier molecular flexibility index (Phi) is 2.64. The molecule has 2 heterocycles. The first-order valence-electron chi connectivity index (χ1n) is 6.59. The molecule has 0 fully saturated rings. The fourth-order valence-electron chi connectivity index (χ4n) is 2.39. The van der Waals surface area contributed by atoms with Crippen molar-refractivity contribution in [1.82, 2.24) is 9.55 Å². The van der Waals surface area contributed by atoms with Crippen molar-refractivity contribution in [3.8, 4) is 0 Å². The molecule has 0 aliphatic carbocycles. The van der Waals surface area contributed by atoms with Crippen LogP contribution in [0.1, 0.15) is 26.8 Å². The van der Waals surface area contributed by atoms with Gasteiger partial charge < -0.3 is 15.8 Å². The molecule has 1 aromatic carbocycles. The van der Waals surface area contributed by atoms with Gasteiger partial charge in [-0.2, -0.15) is 0 Å². The number of carbonyl (C=O) groups is 1. The summed E-state index contributed by atoms with van der Waals surface area (Å²) >= 11 is 0. The second-order valence-electron chi connectivity index (χ2n) is 5.98. The number of hydrogen-bond donors (Lipinski definition) is 2. The number of hydrogen-bond acceptors (Lipinski definition) is 5. The van der Waals surface area contributed by atoms with Crippen LogP contribution in [0.25, 0.3) is 11.0 Å². The average Bonchev–Trinajstić information content (AvgIpc) is 2.85. The van der Waals surface area contributed by atoms with E-state index in [1.54, 1.807) is 6.07 Å². The fraction of sp³-hybridized carbons (Fsp3) is 0.429. The maximum atomic E-state index is 12.3. The first kappa shape index (κ1) is 12.8. The molecule has 20 heavy (non-hydrogen) atoms. The summed E-state index contributed by atoms with van der Waals surface area (Å²) in [6.07, 6.45) is 0. The molecule has 1 aromatic heterocycles. The Bertz CT molecular complexity index is 684. The SMILES string of the molecule is CC(C)(C)OC(=O)C1CNc2nc3ccc(N)cc3n21. The van der Waals surface area contributed by atoms with Crippen molar-refractivity contribution in [3.05, 3.63) is 18.2 Å². The van der Waals surface area contributed by atoms with Crippen LogP contribution in [0.2, 0.25) is 0 Å². The number of anilines is 2. The molecule has 6 heteroatoms. The van der Waals surface area contributed by atoms with Gasteiger partial charge in [-0.25, -0.2) is 9.78 Å². The van der Waals surface area contributed by atoms with Crippen LogP contribution in [-0.2, 0) is 9.53 Å². The standard InChI is InChI=1S/C14H18N4O2/c1-14(2,3)20-12(19)11-7-16-13-17-9-5-4-8(15)6-10(9)18(11)13/h4-6,11H,7,15H2,1-3H3,(H,16,17). The minimum atomic E-state index is -0.505. The number of aromatic nitrogens is 2. The lowest BCUT2D eigenvalue weighted by Crippen LogP contribution is -2.30. The molecule has 0 spiro atoms. The van der Waals surface area contributed by atoms with Crippen molar-refractivity contribution in [2.75, 3.05) is 17.6 Å². The van der Waals surface area contributed by atoms with E-state index in [2.05, 4.69) is 10.3 Å². The Morgan fingerprint density at radius 3 is 2.95 bits per heavy atom. The number of imidazole rings is 1. The second kappa shape index (κ2) is 4.13. The monoisotopic (exact) mass is 274 g/mol. The van der Waals surface area contributed by atoms with Crippen LogP contribution in [0.15, 0.2) is 18.2 Å². The van der Waals surface area contributed by atoms with Gasteiger partial charge in [-0.3, -0.25) is 4.57 Å². The summed E-state index contributed by atoms with van der Waals surface area (Å²) in [5.41, 5.74) is 7.63. The summed E-state index contributed by atoms with van der Waals surface area (Å²) in [7, 11) is 0. The van der Waals surface area contributed by atoms with Gasteiger partial charge in [-0.1, -0.05) is 0 Å². The molecule has 2 aromatic rings. The number of nitrogen functional groups attached to an aromatic ring is 1. The Balaban J connectivity index is 2.02. The summed E-state index contributed by atoms with van der Waals surface area (Å²) in [6, 6.07) is 5.07. The molecule has 0 saturated carbocycles. The van der Waals surface area contributed by atoms with Crippen molar-refractivity contribution in [2.24, 2.45) is 0 Å². The number of esters is 1. The predicted octanol–water partition coefficient (Wildman–Crippen LogP) is 1.93. The summed E-state index contributed by atoms with van der Waals surface area (Å²) in [4.78, 5) is 16.8. The van der Waals surface area contributed by atoms with Gasteiger partial charge in [0.05, 0.1) is 11.0 Å². The van der Waals surface area contributed by atoms with E-state index in [0.29, 0.717) is 18.2 Å². The zero-order chi connectivity index (χ0) is 14.5. The summed E-state index contributed by atoms with van der Waals surface area (Å²) in [5.74, 6) is 0.423. The van der Waals surface area contributed by atoms with Crippen molar-refractivity contribution >= 4 is 28.6 Å². The van der Waals surface area contributed by atoms with Gasteiger partial charge in [0.1, 0.15) is 5.60 Å². The first-order chi connectivity index (χ1) is 9.35. The highest BCUT2D eigenvalue weighted by Crippen LogP contribution is 2.31. The number of fused-ring (bicyclic) bond motifs is 3. The Hall–Kier alpha value is -2.24. The van der Waals surface area contributed by atoms with E-state index >= 15 is 0 Å². The molecule has 0 bridgehead atoms. The lowest BCUT2D eigenvalue weighted by molar-refractivity contribution is -0.158. The van der Waals surface area contributed by atoms with Gasteiger partial charge in [0.2, 0.25) is 5.95 Å². The molecule has 3 N–H and O–H groups in total. The molecule has 1 aliphatic rings. The number of ether oxygens (including phenoxy) is 1. The second-order valence-corrected chi connectivity index (χ2v) is 5.98. The molecule has 6 nitrogen and oxygen atoms in total.